The Balaban J connectivity index is 1.78. The molecule has 5 rings (SSSR count). The summed E-state index contributed by atoms with van der Waals surface area (Å²) in [5.74, 6) is 0.560. The van der Waals surface area contributed by atoms with Crippen molar-refractivity contribution < 1.29 is 0 Å². The molecule has 1 saturated heterocycles. The summed E-state index contributed by atoms with van der Waals surface area (Å²) in [6.07, 6.45) is 2.38. The number of imidazole rings is 1. The highest BCUT2D eigenvalue weighted by Crippen LogP contribution is 2.28. The lowest BCUT2D eigenvalue weighted by atomic mass is 10.2. The van der Waals surface area contributed by atoms with Crippen molar-refractivity contribution in [1.82, 2.24) is 19.4 Å². The standard InChI is InChI=1S/C22H23N5O/c1-25(2)20-12-7-13-26(20)19-14-15-8-3-6-11-18(15)27(21(19)28)22-23-16-9-4-5-10-17(16)24-22/h3-6,8-11,14,20H,7,12-13H2,1-2H3,(H,23,24). The lowest BCUT2D eigenvalue weighted by molar-refractivity contribution is 0.301. The number of para-hydroxylation sites is 3. The SMILES string of the molecule is CN(C)C1CCCN1c1cc2ccccc2n(-c2nc3ccccc3[nH]2)c1=O. The van der Waals surface area contributed by atoms with E-state index in [1.165, 1.54) is 0 Å². The van der Waals surface area contributed by atoms with Gasteiger partial charge < -0.3 is 9.88 Å². The monoisotopic (exact) mass is 373 g/mol. The molecule has 0 bridgehead atoms. The summed E-state index contributed by atoms with van der Waals surface area (Å²) in [6, 6.07) is 17.9. The highest BCUT2D eigenvalue weighted by Gasteiger charge is 2.29. The van der Waals surface area contributed by atoms with E-state index in [9.17, 15) is 4.79 Å². The van der Waals surface area contributed by atoms with E-state index in [1.807, 2.05) is 48.5 Å². The predicted molar refractivity (Wildman–Crippen MR) is 113 cm³/mol. The van der Waals surface area contributed by atoms with Gasteiger partial charge in [0, 0.05) is 11.9 Å². The lowest BCUT2D eigenvalue weighted by Crippen LogP contribution is -2.43. The van der Waals surface area contributed by atoms with Gasteiger partial charge in [0.25, 0.3) is 5.56 Å². The smallest absolute Gasteiger partial charge is 0.281 e. The number of hydrogen-bond acceptors (Lipinski definition) is 4. The number of aromatic amines is 1. The molecular formula is C22H23N5O. The van der Waals surface area contributed by atoms with E-state index in [2.05, 4.69) is 34.9 Å². The van der Waals surface area contributed by atoms with Gasteiger partial charge in [-0.25, -0.2) is 9.55 Å². The number of hydrogen-bond donors (Lipinski definition) is 1. The van der Waals surface area contributed by atoms with E-state index in [0.29, 0.717) is 5.95 Å². The average molecular weight is 373 g/mol. The largest absolute Gasteiger partial charge is 0.351 e. The zero-order chi connectivity index (χ0) is 19.3. The number of pyridine rings is 1. The van der Waals surface area contributed by atoms with Crippen LogP contribution in [0.2, 0.25) is 0 Å². The molecule has 1 aliphatic rings. The van der Waals surface area contributed by atoms with E-state index in [0.717, 1.165) is 47.0 Å². The minimum atomic E-state index is -0.0356. The minimum absolute atomic E-state index is 0.0356. The average Bonchev–Trinajstić information content (AvgIpc) is 3.34. The topological polar surface area (TPSA) is 57.2 Å². The highest BCUT2D eigenvalue weighted by atomic mass is 16.1. The number of fused-ring (bicyclic) bond motifs is 2. The third kappa shape index (κ3) is 2.60. The maximum absolute atomic E-state index is 13.7. The Hall–Kier alpha value is -3.12. The Labute approximate surface area is 163 Å². The molecule has 1 atom stereocenters. The molecule has 4 aromatic rings. The number of H-pyrrole nitrogens is 1. The Morgan fingerprint density at radius 3 is 2.71 bits per heavy atom. The molecule has 28 heavy (non-hydrogen) atoms. The van der Waals surface area contributed by atoms with Crippen molar-refractivity contribution >= 4 is 27.6 Å². The van der Waals surface area contributed by atoms with Crippen molar-refractivity contribution in [1.29, 1.82) is 0 Å². The van der Waals surface area contributed by atoms with E-state index in [-0.39, 0.29) is 11.7 Å². The number of aromatic nitrogens is 3. The second-order valence-corrected chi connectivity index (χ2v) is 7.59. The normalized spacial score (nSPS) is 17.2. The van der Waals surface area contributed by atoms with Crippen molar-refractivity contribution in [2.75, 3.05) is 25.5 Å². The number of benzene rings is 2. The number of rotatable bonds is 3. The Bertz CT molecular complexity index is 1190. The molecule has 3 heterocycles. The maximum atomic E-state index is 13.7. The second-order valence-electron chi connectivity index (χ2n) is 7.59. The van der Waals surface area contributed by atoms with Gasteiger partial charge in [0.05, 0.1) is 22.7 Å². The fraction of sp³-hybridized carbons (Fsp3) is 0.273. The van der Waals surface area contributed by atoms with Crippen LogP contribution in [0.25, 0.3) is 27.9 Å². The van der Waals surface area contributed by atoms with Crippen LogP contribution in [-0.2, 0) is 0 Å². The molecule has 6 heteroatoms. The van der Waals surface area contributed by atoms with Gasteiger partial charge in [0.1, 0.15) is 5.69 Å². The van der Waals surface area contributed by atoms with Crippen molar-refractivity contribution in [2.24, 2.45) is 0 Å². The van der Waals surface area contributed by atoms with Gasteiger partial charge in [0.15, 0.2) is 0 Å². The summed E-state index contributed by atoms with van der Waals surface area (Å²) in [5.41, 5.74) is 3.33. The van der Waals surface area contributed by atoms with Gasteiger partial charge in [-0.2, -0.15) is 0 Å². The van der Waals surface area contributed by atoms with Crippen LogP contribution < -0.4 is 10.5 Å². The van der Waals surface area contributed by atoms with Crippen LogP contribution in [0, 0.1) is 0 Å². The van der Waals surface area contributed by atoms with Crippen LogP contribution in [0.3, 0.4) is 0 Å². The van der Waals surface area contributed by atoms with Gasteiger partial charge in [-0.15, -0.1) is 0 Å². The molecule has 2 aromatic carbocycles. The van der Waals surface area contributed by atoms with Gasteiger partial charge in [0.2, 0.25) is 5.95 Å². The molecule has 142 valence electrons. The number of anilines is 1. The minimum Gasteiger partial charge on any atom is -0.351 e. The van der Waals surface area contributed by atoms with Crippen molar-refractivity contribution in [3.05, 3.63) is 65.0 Å². The molecule has 0 radical (unpaired) electrons. The maximum Gasteiger partial charge on any atom is 0.281 e. The van der Waals surface area contributed by atoms with Gasteiger partial charge in [-0.05, 0) is 51.2 Å². The summed E-state index contributed by atoms with van der Waals surface area (Å²) in [7, 11) is 4.14. The van der Waals surface area contributed by atoms with Crippen molar-refractivity contribution in [3.63, 3.8) is 0 Å². The van der Waals surface area contributed by atoms with Crippen LogP contribution in [0.15, 0.2) is 59.4 Å². The molecule has 6 nitrogen and oxygen atoms in total. The molecule has 0 saturated carbocycles. The van der Waals surface area contributed by atoms with Crippen LogP contribution in [0.5, 0.6) is 0 Å². The highest BCUT2D eigenvalue weighted by molar-refractivity contribution is 5.85. The molecular weight excluding hydrogens is 350 g/mol. The molecule has 2 aromatic heterocycles. The summed E-state index contributed by atoms with van der Waals surface area (Å²) in [6.45, 7) is 0.885. The third-order valence-electron chi connectivity index (χ3n) is 5.61. The molecule has 0 spiro atoms. The Kier molecular flexibility index (Phi) is 3.94. The van der Waals surface area contributed by atoms with Crippen molar-refractivity contribution in [2.45, 2.75) is 19.0 Å². The van der Waals surface area contributed by atoms with Gasteiger partial charge in [-0.1, -0.05) is 30.3 Å². The quantitative estimate of drug-likeness (QED) is 0.598. The molecule has 1 aliphatic heterocycles. The summed E-state index contributed by atoms with van der Waals surface area (Å²) >= 11 is 0. The Morgan fingerprint density at radius 1 is 1.11 bits per heavy atom. The second kappa shape index (κ2) is 6.49. The van der Waals surface area contributed by atoms with Crippen LogP contribution in [0.4, 0.5) is 5.69 Å². The lowest BCUT2D eigenvalue weighted by Gasteiger charge is -2.31. The first kappa shape index (κ1) is 17.0. The molecule has 1 fully saturated rings. The summed E-state index contributed by atoms with van der Waals surface area (Å²) < 4.78 is 1.72. The Morgan fingerprint density at radius 2 is 1.89 bits per heavy atom. The first-order valence-corrected chi connectivity index (χ1v) is 9.66. The molecule has 1 unspecified atom stereocenters. The molecule has 0 aliphatic carbocycles. The molecule has 1 N–H and O–H groups in total. The number of nitrogens with one attached hydrogen (secondary N) is 1. The van der Waals surface area contributed by atoms with E-state index in [1.54, 1.807) is 4.57 Å². The van der Waals surface area contributed by atoms with Gasteiger partial charge >= 0.3 is 0 Å². The van der Waals surface area contributed by atoms with E-state index < -0.39 is 0 Å². The zero-order valence-corrected chi connectivity index (χ0v) is 16.1. The van der Waals surface area contributed by atoms with Crippen molar-refractivity contribution in [3.8, 4) is 5.95 Å². The first-order chi connectivity index (χ1) is 13.6. The van der Waals surface area contributed by atoms with E-state index >= 15 is 0 Å². The van der Waals surface area contributed by atoms with Crippen LogP contribution >= 0.6 is 0 Å². The predicted octanol–water partition coefficient (Wildman–Crippen LogP) is 3.35. The summed E-state index contributed by atoms with van der Waals surface area (Å²) in [4.78, 5) is 26.1. The zero-order valence-electron chi connectivity index (χ0n) is 16.1. The first-order valence-electron chi connectivity index (χ1n) is 9.66. The summed E-state index contributed by atoms with van der Waals surface area (Å²) in [5, 5.41) is 1.03. The third-order valence-corrected chi connectivity index (χ3v) is 5.61. The van der Waals surface area contributed by atoms with Crippen LogP contribution in [-0.4, -0.2) is 46.2 Å². The van der Waals surface area contributed by atoms with Gasteiger partial charge in [-0.3, -0.25) is 9.69 Å². The fourth-order valence-corrected chi connectivity index (χ4v) is 4.27. The number of nitrogens with zero attached hydrogens (tertiary/aromatic N) is 4. The van der Waals surface area contributed by atoms with E-state index in [4.69, 9.17) is 4.98 Å². The molecule has 0 amide bonds. The fourth-order valence-electron chi connectivity index (χ4n) is 4.27. The van der Waals surface area contributed by atoms with Crippen LogP contribution in [0.1, 0.15) is 12.8 Å².